The van der Waals surface area contributed by atoms with E-state index >= 15 is 0 Å². The van der Waals surface area contributed by atoms with Crippen molar-refractivity contribution in [2.45, 2.75) is 32.7 Å². The molecule has 0 fully saturated rings. The number of carbonyl (C=O) groups is 2. The quantitative estimate of drug-likeness (QED) is 0.557. The molecule has 21 heavy (non-hydrogen) atoms. The Balaban J connectivity index is 3.20. The Labute approximate surface area is 147 Å². The monoisotopic (exact) mass is 443 g/mol. The molecule has 0 bridgehead atoms. The molecule has 0 atom stereocenters. The van der Waals surface area contributed by atoms with Crippen molar-refractivity contribution < 1.29 is 14.7 Å². The van der Waals surface area contributed by atoms with Crippen molar-refractivity contribution in [3.8, 4) is 0 Å². The number of carboxylic acids is 1. The summed E-state index contributed by atoms with van der Waals surface area (Å²) in [5, 5.41) is 9.61. The first-order chi connectivity index (χ1) is 9.54. The van der Waals surface area contributed by atoms with Gasteiger partial charge in [-0.2, -0.15) is 0 Å². The summed E-state index contributed by atoms with van der Waals surface area (Å²) < 4.78 is 0.605. The second kappa shape index (κ2) is 7.15. The van der Waals surface area contributed by atoms with Gasteiger partial charge < -0.3 is 10.0 Å². The van der Waals surface area contributed by atoms with Gasteiger partial charge >= 0.3 is 5.97 Å². The van der Waals surface area contributed by atoms with Crippen LogP contribution in [0.2, 0.25) is 10.0 Å². The second-order valence-electron chi connectivity index (χ2n) is 5.52. The molecule has 1 rings (SSSR count). The Hall–Kier alpha value is -0.530. The van der Waals surface area contributed by atoms with Gasteiger partial charge in [0, 0.05) is 20.7 Å². The minimum atomic E-state index is -0.948. The largest absolute Gasteiger partial charge is 0.481 e. The molecule has 0 aliphatic heterocycles. The minimum absolute atomic E-state index is 0.117. The van der Waals surface area contributed by atoms with Gasteiger partial charge in [0.1, 0.15) is 0 Å². The molecule has 0 aliphatic carbocycles. The first-order valence-electron chi connectivity index (χ1n) is 6.22. The standard InChI is InChI=1S/C14H16Cl2INO3/c1-14(2,3)18(5-4-11(19)20)13(21)9-6-8(15)7-10(16)12(9)17/h6-7H,4-5H2,1-3H3,(H,19,20). The molecule has 0 saturated heterocycles. The molecule has 1 amide bonds. The molecule has 1 N–H and O–H groups in total. The van der Waals surface area contributed by atoms with E-state index in [1.54, 1.807) is 12.1 Å². The summed E-state index contributed by atoms with van der Waals surface area (Å²) in [6, 6.07) is 3.12. The maximum Gasteiger partial charge on any atom is 0.305 e. The van der Waals surface area contributed by atoms with E-state index in [4.69, 9.17) is 28.3 Å². The molecule has 1 aromatic rings. The van der Waals surface area contributed by atoms with Gasteiger partial charge in [0.25, 0.3) is 5.91 Å². The number of halogens is 3. The van der Waals surface area contributed by atoms with Gasteiger partial charge in [-0.05, 0) is 55.5 Å². The zero-order chi connectivity index (χ0) is 16.4. The van der Waals surface area contributed by atoms with Crippen molar-refractivity contribution in [3.05, 3.63) is 31.3 Å². The summed E-state index contributed by atoms with van der Waals surface area (Å²) >= 11 is 14.0. The van der Waals surface area contributed by atoms with Crippen molar-refractivity contribution in [1.82, 2.24) is 4.90 Å². The summed E-state index contributed by atoms with van der Waals surface area (Å²) in [6.07, 6.45) is -0.117. The summed E-state index contributed by atoms with van der Waals surface area (Å²) in [7, 11) is 0. The lowest BCUT2D eigenvalue weighted by atomic mass is 10.0. The van der Waals surface area contributed by atoms with Gasteiger partial charge in [0.2, 0.25) is 0 Å². The molecule has 116 valence electrons. The molecular weight excluding hydrogens is 428 g/mol. The van der Waals surface area contributed by atoms with Gasteiger partial charge in [0.15, 0.2) is 0 Å². The Kier molecular flexibility index (Phi) is 6.31. The third kappa shape index (κ3) is 5.00. The van der Waals surface area contributed by atoms with Crippen LogP contribution < -0.4 is 0 Å². The van der Waals surface area contributed by atoms with Crippen LogP contribution in [0.1, 0.15) is 37.6 Å². The molecular formula is C14H16Cl2INO3. The lowest BCUT2D eigenvalue weighted by Crippen LogP contribution is -2.46. The number of aliphatic carboxylic acids is 1. The number of benzene rings is 1. The topological polar surface area (TPSA) is 57.6 Å². The van der Waals surface area contributed by atoms with Gasteiger partial charge in [-0.15, -0.1) is 0 Å². The first kappa shape index (κ1) is 18.5. The number of amides is 1. The number of rotatable bonds is 4. The second-order valence-corrected chi connectivity index (χ2v) is 7.44. The molecule has 0 radical (unpaired) electrons. The van der Waals surface area contributed by atoms with Crippen molar-refractivity contribution >= 4 is 57.7 Å². The molecule has 0 saturated carbocycles. The van der Waals surface area contributed by atoms with E-state index in [-0.39, 0.29) is 18.9 Å². The Morgan fingerprint density at radius 1 is 1.29 bits per heavy atom. The smallest absolute Gasteiger partial charge is 0.305 e. The van der Waals surface area contributed by atoms with Crippen LogP contribution >= 0.6 is 45.8 Å². The molecule has 4 nitrogen and oxygen atoms in total. The third-order valence-corrected chi connectivity index (χ3v) is 4.82. The van der Waals surface area contributed by atoms with Gasteiger partial charge in [0.05, 0.1) is 17.0 Å². The van der Waals surface area contributed by atoms with Crippen LogP contribution in [-0.2, 0) is 4.79 Å². The first-order valence-corrected chi connectivity index (χ1v) is 8.06. The van der Waals surface area contributed by atoms with E-state index in [2.05, 4.69) is 0 Å². The fraction of sp³-hybridized carbons (Fsp3) is 0.429. The van der Waals surface area contributed by atoms with E-state index in [0.717, 1.165) is 0 Å². The van der Waals surface area contributed by atoms with Gasteiger partial charge in [-0.3, -0.25) is 9.59 Å². The maximum absolute atomic E-state index is 12.7. The van der Waals surface area contributed by atoms with Crippen LogP contribution in [0.3, 0.4) is 0 Å². The number of hydrogen-bond acceptors (Lipinski definition) is 2. The molecule has 0 aliphatic rings. The average Bonchev–Trinajstić information content (AvgIpc) is 2.31. The molecule has 0 spiro atoms. The lowest BCUT2D eigenvalue weighted by molar-refractivity contribution is -0.137. The minimum Gasteiger partial charge on any atom is -0.481 e. The highest BCUT2D eigenvalue weighted by Gasteiger charge is 2.29. The SMILES string of the molecule is CC(C)(C)N(CCC(=O)O)C(=O)c1cc(Cl)cc(Cl)c1I. The van der Waals surface area contributed by atoms with Gasteiger partial charge in [-0.1, -0.05) is 23.2 Å². The number of nitrogens with zero attached hydrogens (tertiary/aromatic N) is 1. The highest BCUT2D eigenvalue weighted by atomic mass is 127. The van der Waals surface area contributed by atoms with E-state index < -0.39 is 11.5 Å². The zero-order valence-electron chi connectivity index (χ0n) is 11.9. The maximum atomic E-state index is 12.7. The van der Waals surface area contributed by atoms with E-state index in [1.165, 1.54) is 4.90 Å². The Bertz CT molecular complexity index is 570. The van der Waals surface area contributed by atoms with Crippen molar-refractivity contribution in [2.24, 2.45) is 0 Å². The highest BCUT2D eigenvalue weighted by Crippen LogP contribution is 2.29. The average molecular weight is 444 g/mol. The van der Waals surface area contributed by atoms with Crippen LogP contribution in [-0.4, -0.2) is 34.0 Å². The van der Waals surface area contributed by atoms with Crippen LogP contribution in [0.5, 0.6) is 0 Å². The molecule has 7 heteroatoms. The summed E-state index contributed by atoms with van der Waals surface area (Å²) in [6.45, 7) is 5.68. The van der Waals surface area contributed by atoms with Crippen molar-refractivity contribution in [3.63, 3.8) is 0 Å². The summed E-state index contributed by atoms with van der Waals surface area (Å²) in [4.78, 5) is 25.0. The van der Waals surface area contributed by atoms with Gasteiger partial charge in [-0.25, -0.2) is 0 Å². The van der Waals surface area contributed by atoms with Crippen LogP contribution in [0.15, 0.2) is 12.1 Å². The summed E-state index contributed by atoms with van der Waals surface area (Å²) in [5.74, 6) is -1.23. The fourth-order valence-corrected chi connectivity index (χ4v) is 2.84. The molecule has 1 aromatic carbocycles. The van der Waals surface area contributed by atoms with E-state index in [9.17, 15) is 9.59 Å². The zero-order valence-corrected chi connectivity index (χ0v) is 15.6. The van der Waals surface area contributed by atoms with Crippen LogP contribution in [0.4, 0.5) is 0 Å². The van der Waals surface area contributed by atoms with E-state index in [0.29, 0.717) is 19.2 Å². The highest BCUT2D eigenvalue weighted by molar-refractivity contribution is 14.1. The number of carbonyl (C=O) groups excluding carboxylic acids is 1. The van der Waals surface area contributed by atoms with Crippen LogP contribution in [0, 0.1) is 3.57 Å². The third-order valence-electron chi connectivity index (χ3n) is 2.83. The predicted molar refractivity (Wildman–Crippen MR) is 92.2 cm³/mol. The Morgan fingerprint density at radius 3 is 2.33 bits per heavy atom. The predicted octanol–water partition coefficient (Wildman–Crippen LogP) is 4.31. The van der Waals surface area contributed by atoms with E-state index in [1.807, 2.05) is 43.4 Å². The lowest BCUT2D eigenvalue weighted by Gasteiger charge is -2.35. The molecule has 0 aromatic heterocycles. The Morgan fingerprint density at radius 2 is 1.86 bits per heavy atom. The van der Waals surface area contributed by atoms with Crippen molar-refractivity contribution in [2.75, 3.05) is 6.54 Å². The normalized spacial score (nSPS) is 11.3. The van der Waals surface area contributed by atoms with Crippen molar-refractivity contribution in [1.29, 1.82) is 0 Å². The fourth-order valence-electron chi connectivity index (χ4n) is 1.81. The van der Waals surface area contributed by atoms with Crippen LogP contribution in [0.25, 0.3) is 0 Å². The molecule has 0 unspecified atom stereocenters. The molecule has 0 heterocycles. The number of hydrogen-bond donors (Lipinski definition) is 1. The summed E-state index contributed by atoms with van der Waals surface area (Å²) in [5.41, 5.74) is -0.127. The number of carboxylic acid groups (broad SMARTS) is 1.